The Bertz CT molecular complexity index is 593. The van der Waals surface area contributed by atoms with Crippen molar-refractivity contribution in [3.05, 3.63) is 48.3 Å². The van der Waals surface area contributed by atoms with Gasteiger partial charge in [0.1, 0.15) is 0 Å². The van der Waals surface area contributed by atoms with Crippen LogP contribution in [0, 0.1) is 0 Å². The molecule has 0 saturated carbocycles. The number of rotatable bonds is 3. The van der Waals surface area contributed by atoms with E-state index in [-0.39, 0.29) is 0 Å². The highest BCUT2D eigenvalue weighted by molar-refractivity contribution is 5.59. The summed E-state index contributed by atoms with van der Waals surface area (Å²) in [6.07, 6.45) is 6.37. The van der Waals surface area contributed by atoms with Crippen molar-refractivity contribution in [2.75, 3.05) is 31.1 Å². The Labute approximate surface area is 126 Å². The summed E-state index contributed by atoms with van der Waals surface area (Å²) in [7, 11) is 0. The van der Waals surface area contributed by atoms with E-state index in [1.807, 2.05) is 16.9 Å². The van der Waals surface area contributed by atoms with Crippen LogP contribution in [0.1, 0.15) is 12.0 Å². The first-order valence-corrected chi connectivity index (χ1v) is 7.94. The highest BCUT2D eigenvalue weighted by atomic mass is 15.3. The number of fused-ring (bicyclic) bond motifs is 3. The lowest BCUT2D eigenvalue weighted by Crippen LogP contribution is -2.39. The Kier molecular flexibility index (Phi) is 3.39. The zero-order valence-corrected chi connectivity index (χ0v) is 12.4. The molecule has 110 valence electrons. The second-order valence-electron chi connectivity index (χ2n) is 6.10. The summed E-state index contributed by atoms with van der Waals surface area (Å²) in [6, 6.07) is 11.6. The fourth-order valence-corrected chi connectivity index (χ4v) is 3.72. The second kappa shape index (κ2) is 5.53. The van der Waals surface area contributed by atoms with Crippen LogP contribution in [-0.4, -0.2) is 46.9 Å². The number of benzene rings is 1. The Morgan fingerprint density at radius 1 is 1.10 bits per heavy atom. The van der Waals surface area contributed by atoms with E-state index in [0.29, 0.717) is 6.04 Å². The first kappa shape index (κ1) is 12.9. The van der Waals surface area contributed by atoms with Crippen LogP contribution in [0.25, 0.3) is 0 Å². The summed E-state index contributed by atoms with van der Waals surface area (Å²) >= 11 is 0. The Morgan fingerprint density at radius 3 is 2.95 bits per heavy atom. The molecule has 2 aliphatic rings. The van der Waals surface area contributed by atoms with Gasteiger partial charge in [-0.05, 0) is 37.1 Å². The topological polar surface area (TPSA) is 24.3 Å². The lowest BCUT2D eigenvalue weighted by atomic mass is 10.1. The molecule has 0 bridgehead atoms. The molecular weight excluding hydrogens is 260 g/mol. The van der Waals surface area contributed by atoms with Gasteiger partial charge in [-0.2, -0.15) is 5.10 Å². The van der Waals surface area contributed by atoms with Gasteiger partial charge in [-0.1, -0.05) is 18.2 Å². The Balaban J connectivity index is 1.43. The molecule has 1 aromatic carbocycles. The SMILES string of the molecule is c1ccc2c(c1)CC1CN(CCn3cccn3)CCCN21. The minimum atomic E-state index is 0.655. The van der Waals surface area contributed by atoms with Crippen LogP contribution in [0.4, 0.5) is 5.69 Å². The zero-order valence-electron chi connectivity index (χ0n) is 12.4. The third kappa shape index (κ3) is 2.56. The van der Waals surface area contributed by atoms with E-state index in [4.69, 9.17) is 0 Å². The maximum absolute atomic E-state index is 4.30. The van der Waals surface area contributed by atoms with E-state index in [2.05, 4.69) is 45.4 Å². The molecule has 1 fully saturated rings. The molecule has 2 aliphatic heterocycles. The molecule has 0 amide bonds. The van der Waals surface area contributed by atoms with Gasteiger partial charge in [-0.3, -0.25) is 9.58 Å². The van der Waals surface area contributed by atoms with Gasteiger partial charge in [0.15, 0.2) is 0 Å². The molecule has 4 heteroatoms. The van der Waals surface area contributed by atoms with E-state index >= 15 is 0 Å². The summed E-state index contributed by atoms with van der Waals surface area (Å²) in [4.78, 5) is 5.24. The van der Waals surface area contributed by atoms with E-state index in [1.54, 1.807) is 0 Å². The molecule has 0 spiro atoms. The summed E-state index contributed by atoms with van der Waals surface area (Å²) < 4.78 is 2.03. The van der Waals surface area contributed by atoms with Crippen LogP contribution in [0.2, 0.25) is 0 Å². The molecule has 0 radical (unpaired) electrons. The third-order valence-electron chi connectivity index (χ3n) is 4.74. The molecule has 4 rings (SSSR count). The van der Waals surface area contributed by atoms with Crippen molar-refractivity contribution in [2.24, 2.45) is 0 Å². The lowest BCUT2D eigenvalue weighted by Gasteiger charge is -2.27. The Hall–Kier alpha value is -1.81. The predicted molar refractivity (Wildman–Crippen MR) is 84.6 cm³/mol. The van der Waals surface area contributed by atoms with Gasteiger partial charge in [-0.25, -0.2) is 0 Å². The quantitative estimate of drug-likeness (QED) is 0.861. The fraction of sp³-hybridized carbons (Fsp3) is 0.471. The van der Waals surface area contributed by atoms with Gasteiger partial charge in [-0.15, -0.1) is 0 Å². The van der Waals surface area contributed by atoms with Crippen LogP contribution in [0.15, 0.2) is 42.7 Å². The van der Waals surface area contributed by atoms with Crippen molar-refractivity contribution >= 4 is 5.69 Å². The molecule has 3 heterocycles. The highest BCUT2D eigenvalue weighted by Crippen LogP contribution is 2.33. The van der Waals surface area contributed by atoms with Crippen molar-refractivity contribution in [3.8, 4) is 0 Å². The summed E-state index contributed by atoms with van der Waals surface area (Å²) in [5.74, 6) is 0. The van der Waals surface area contributed by atoms with Gasteiger partial charge in [0.05, 0.1) is 6.54 Å². The van der Waals surface area contributed by atoms with Gasteiger partial charge in [0.2, 0.25) is 0 Å². The van der Waals surface area contributed by atoms with Gasteiger partial charge < -0.3 is 4.90 Å². The van der Waals surface area contributed by atoms with Crippen LogP contribution >= 0.6 is 0 Å². The average Bonchev–Trinajstić information content (AvgIpc) is 3.09. The van der Waals surface area contributed by atoms with Crippen LogP contribution < -0.4 is 4.90 Å². The van der Waals surface area contributed by atoms with Crippen molar-refractivity contribution in [3.63, 3.8) is 0 Å². The van der Waals surface area contributed by atoms with E-state index in [9.17, 15) is 0 Å². The monoisotopic (exact) mass is 282 g/mol. The first-order valence-electron chi connectivity index (χ1n) is 7.94. The van der Waals surface area contributed by atoms with Crippen LogP contribution in [-0.2, 0) is 13.0 Å². The van der Waals surface area contributed by atoms with Crippen molar-refractivity contribution in [2.45, 2.75) is 25.4 Å². The number of nitrogens with zero attached hydrogens (tertiary/aromatic N) is 4. The standard InChI is InChI=1S/C17H22N4/c1-2-6-17-15(5-1)13-16-14-19(8-4-10-21(16)17)11-12-20-9-3-7-18-20/h1-3,5-7,9,16H,4,8,10-14H2. The molecule has 0 aliphatic carbocycles. The van der Waals surface area contributed by atoms with Gasteiger partial charge in [0.25, 0.3) is 0 Å². The smallest absolute Gasteiger partial charge is 0.0536 e. The van der Waals surface area contributed by atoms with E-state index in [0.717, 1.165) is 13.1 Å². The number of anilines is 1. The number of hydrogen-bond acceptors (Lipinski definition) is 3. The molecule has 0 N–H and O–H groups in total. The summed E-state index contributed by atoms with van der Waals surface area (Å²) in [6.45, 7) is 5.67. The highest BCUT2D eigenvalue weighted by Gasteiger charge is 2.31. The van der Waals surface area contributed by atoms with Crippen LogP contribution in [0.5, 0.6) is 0 Å². The molecular formula is C17H22N4. The fourth-order valence-electron chi connectivity index (χ4n) is 3.72. The maximum Gasteiger partial charge on any atom is 0.0536 e. The Morgan fingerprint density at radius 2 is 2.05 bits per heavy atom. The average molecular weight is 282 g/mol. The number of aromatic nitrogens is 2. The number of para-hydroxylation sites is 1. The minimum absolute atomic E-state index is 0.655. The molecule has 21 heavy (non-hydrogen) atoms. The number of hydrogen-bond donors (Lipinski definition) is 0. The molecule has 4 nitrogen and oxygen atoms in total. The largest absolute Gasteiger partial charge is 0.367 e. The predicted octanol–water partition coefficient (Wildman–Crippen LogP) is 2.02. The van der Waals surface area contributed by atoms with Crippen molar-refractivity contribution in [1.29, 1.82) is 0 Å². The first-order chi connectivity index (χ1) is 10.4. The zero-order chi connectivity index (χ0) is 14.1. The van der Waals surface area contributed by atoms with Crippen molar-refractivity contribution in [1.82, 2.24) is 14.7 Å². The molecule has 1 aromatic heterocycles. The minimum Gasteiger partial charge on any atom is -0.367 e. The molecule has 2 aromatic rings. The van der Waals surface area contributed by atoms with E-state index in [1.165, 1.54) is 43.7 Å². The summed E-state index contributed by atoms with van der Waals surface area (Å²) in [5.41, 5.74) is 2.99. The maximum atomic E-state index is 4.30. The third-order valence-corrected chi connectivity index (χ3v) is 4.74. The van der Waals surface area contributed by atoms with Crippen LogP contribution in [0.3, 0.4) is 0 Å². The molecule has 1 saturated heterocycles. The molecule has 1 unspecified atom stereocenters. The van der Waals surface area contributed by atoms with E-state index < -0.39 is 0 Å². The molecule has 1 atom stereocenters. The summed E-state index contributed by atoms with van der Waals surface area (Å²) in [5, 5.41) is 4.30. The normalized spacial score (nSPS) is 21.9. The van der Waals surface area contributed by atoms with Gasteiger partial charge >= 0.3 is 0 Å². The van der Waals surface area contributed by atoms with Gasteiger partial charge in [0, 0.05) is 43.8 Å². The lowest BCUT2D eigenvalue weighted by molar-refractivity contribution is 0.258. The second-order valence-corrected chi connectivity index (χ2v) is 6.10. The van der Waals surface area contributed by atoms with Crippen molar-refractivity contribution < 1.29 is 0 Å².